The number of carbonyl (C=O) groups excluding carboxylic acids is 1. The van der Waals surface area contributed by atoms with Gasteiger partial charge in [-0.2, -0.15) is 4.98 Å². The van der Waals surface area contributed by atoms with Gasteiger partial charge in [0, 0.05) is 12.2 Å². The topological polar surface area (TPSA) is 91.2 Å². The van der Waals surface area contributed by atoms with E-state index < -0.39 is 6.04 Å². The summed E-state index contributed by atoms with van der Waals surface area (Å²) < 4.78 is 9.94. The Bertz CT molecular complexity index is 384. The van der Waals surface area contributed by atoms with Crippen LogP contribution in [0.1, 0.15) is 38.4 Å². The smallest absolute Gasteiger partial charge is 0.323 e. The molecule has 0 amide bonds. The van der Waals surface area contributed by atoms with Gasteiger partial charge >= 0.3 is 5.97 Å². The number of ether oxygens (including phenoxy) is 1. The maximum Gasteiger partial charge on any atom is 0.323 e. The van der Waals surface area contributed by atoms with Crippen molar-refractivity contribution < 1.29 is 14.1 Å². The molecule has 0 saturated carbocycles. The third-order valence-corrected chi connectivity index (χ3v) is 3.42. The first-order chi connectivity index (χ1) is 9.17. The Balaban J connectivity index is 2.25. The van der Waals surface area contributed by atoms with Crippen molar-refractivity contribution in [1.82, 2.24) is 10.1 Å². The number of esters is 1. The molecule has 1 heterocycles. The van der Waals surface area contributed by atoms with E-state index in [0.29, 0.717) is 24.0 Å². The lowest BCUT2D eigenvalue weighted by molar-refractivity contribution is -0.144. The van der Waals surface area contributed by atoms with E-state index in [2.05, 4.69) is 17.1 Å². The number of thioether (sulfide) groups is 1. The molecule has 2 N–H and O–H groups in total. The van der Waals surface area contributed by atoms with Crippen molar-refractivity contribution in [3.05, 3.63) is 11.7 Å². The Morgan fingerprint density at radius 3 is 3.00 bits per heavy atom. The molecule has 19 heavy (non-hydrogen) atoms. The first-order valence-electron chi connectivity index (χ1n) is 6.48. The lowest BCUT2D eigenvalue weighted by Crippen LogP contribution is -2.34. The fraction of sp³-hybridized carbons (Fsp3) is 0.750. The number of rotatable bonds is 9. The first kappa shape index (κ1) is 16.0. The molecular formula is C12H21N3O3S. The second-order valence-corrected chi connectivity index (χ2v) is 5.11. The Morgan fingerprint density at radius 1 is 1.53 bits per heavy atom. The van der Waals surface area contributed by atoms with E-state index in [0.717, 1.165) is 25.1 Å². The summed E-state index contributed by atoms with van der Waals surface area (Å²) in [5.41, 5.74) is 5.68. The summed E-state index contributed by atoms with van der Waals surface area (Å²) >= 11 is 1.48. The van der Waals surface area contributed by atoms with E-state index in [1.165, 1.54) is 11.8 Å². The van der Waals surface area contributed by atoms with Crippen LogP contribution in [0, 0.1) is 0 Å². The number of hydrogen-bond donors (Lipinski definition) is 1. The molecule has 0 fully saturated rings. The highest BCUT2D eigenvalue weighted by Crippen LogP contribution is 2.12. The van der Waals surface area contributed by atoms with Crippen LogP contribution in [0.3, 0.4) is 0 Å². The highest BCUT2D eigenvalue weighted by atomic mass is 32.2. The largest absolute Gasteiger partial charge is 0.465 e. The molecule has 108 valence electrons. The van der Waals surface area contributed by atoms with E-state index in [-0.39, 0.29) is 5.97 Å². The molecule has 1 aromatic heterocycles. The monoisotopic (exact) mass is 287 g/mol. The van der Waals surface area contributed by atoms with Crippen LogP contribution in [0.15, 0.2) is 4.52 Å². The van der Waals surface area contributed by atoms with Crippen LogP contribution in [-0.4, -0.2) is 34.5 Å². The van der Waals surface area contributed by atoms with Crippen LogP contribution in [-0.2, 0) is 21.7 Å². The van der Waals surface area contributed by atoms with Crippen molar-refractivity contribution in [2.45, 2.75) is 44.9 Å². The second kappa shape index (κ2) is 8.92. The van der Waals surface area contributed by atoms with Crippen LogP contribution in [0.4, 0.5) is 0 Å². The van der Waals surface area contributed by atoms with E-state index >= 15 is 0 Å². The summed E-state index contributed by atoms with van der Waals surface area (Å²) in [5.74, 6) is 1.99. The van der Waals surface area contributed by atoms with Crippen molar-refractivity contribution in [2.24, 2.45) is 5.73 Å². The molecule has 1 atom stereocenters. The molecule has 0 aliphatic heterocycles. The predicted molar refractivity (Wildman–Crippen MR) is 73.7 cm³/mol. The Kier molecular flexibility index (Phi) is 7.50. The number of hydrogen-bond acceptors (Lipinski definition) is 7. The summed E-state index contributed by atoms with van der Waals surface area (Å²) in [7, 11) is 0. The zero-order valence-corrected chi connectivity index (χ0v) is 12.2. The fourth-order valence-electron chi connectivity index (χ4n) is 1.38. The van der Waals surface area contributed by atoms with Crippen molar-refractivity contribution in [3.8, 4) is 0 Å². The van der Waals surface area contributed by atoms with Crippen LogP contribution < -0.4 is 5.73 Å². The van der Waals surface area contributed by atoms with Gasteiger partial charge in [0.15, 0.2) is 5.82 Å². The van der Waals surface area contributed by atoms with Crippen LogP contribution in [0.25, 0.3) is 0 Å². The normalized spacial score (nSPS) is 12.4. The van der Waals surface area contributed by atoms with Crippen molar-refractivity contribution in [3.63, 3.8) is 0 Å². The number of nitrogens with zero attached hydrogens (tertiary/aromatic N) is 2. The van der Waals surface area contributed by atoms with Gasteiger partial charge in [0.25, 0.3) is 0 Å². The molecule has 0 saturated heterocycles. The zero-order chi connectivity index (χ0) is 14.1. The third-order valence-electron chi connectivity index (χ3n) is 2.38. The van der Waals surface area contributed by atoms with Crippen molar-refractivity contribution >= 4 is 17.7 Å². The van der Waals surface area contributed by atoms with Gasteiger partial charge in [-0.05, 0) is 13.3 Å². The van der Waals surface area contributed by atoms with Crippen molar-refractivity contribution in [1.29, 1.82) is 0 Å². The average molecular weight is 287 g/mol. The van der Waals surface area contributed by atoms with E-state index in [9.17, 15) is 4.79 Å². The van der Waals surface area contributed by atoms with Gasteiger partial charge in [-0.3, -0.25) is 4.79 Å². The Labute approximate surface area is 117 Å². The summed E-state index contributed by atoms with van der Waals surface area (Å²) in [5, 5.41) is 3.89. The van der Waals surface area contributed by atoms with Gasteiger partial charge in [-0.1, -0.05) is 18.5 Å². The summed E-state index contributed by atoms with van der Waals surface area (Å²) in [6.07, 6.45) is 3.00. The number of aromatic nitrogens is 2. The van der Waals surface area contributed by atoms with Gasteiger partial charge in [0.1, 0.15) is 6.04 Å². The van der Waals surface area contributed by atoms with E-state index in [4.69, 9.17) is 15.0 Å². The second-order valence-electron chi connectivity index (χ2n) is 4.08. The minimum absolute atomic E-state index is 0.349. The average Bonchev–Trinajstić information content (AvgIpc) is 2.84. The standard InChI is InChI=1S/C12H21N3O3S/c1-3-5-6-10-14-11(18-15-10)8-19-7-9(13)12(16)17-4-2/h9H,3-8,13H2,1-2H3. The lowest BCUT2D eigenvalue weighted by atomic mass is 10.2. The summed E-state index contributed by atoms with van der Waals surface area (Å²) in [4.78, 5) is 15.6. The molecule has 1 aromatic rings. The minimum Gasteiger partial charge on any atom is -0.465 e. The molecule has 0 bridgehead atoms. The number of nitrogens with two attached hydrogens (primary N) is 1. The van der Waals surface area contributed by atoms with Crippen LogP contribution >= 0.6 is 11.8 Å². The number of carbonyl (C=O) groups is 1. The van der Waals surface area contributed by atoms with Gasteiger partial charge < -0.3 is 15.0 Å². The maximum absolute atomic E-state index is 11.3. The predicted octanol–water partition coefficient (Wildman–Crippen LogP) is 1.54. The van der Waals surface area contributed by atoms with Crippen LogP contribution in [0.5, 0.6) is 0 Å². The quantitative estimate of drug-likeness (QED) is 0.689. The number of unbranched alkanes of at least 4 members (excludes halogenated alkanes) is 1. The number of aryl methyl sites for hydroxylation is 1. The molecule has 6 nitrogen and oxygen atoms in total. The highest BCUT2D eigenvalue weighted by Gasteiger charge is 2.15. The van der Waals surface area contributed by atoms with Gasteiger partial charge in [-0.15, -0.1) is 11.8 Å². The van der Waals surface area contributed by atoms with Crippen LogP contribution in [0.2, 0.25) is 0 Å². The molecule has 1 rings (SSSR count). The molecule has 0 aliphatic rings. The summed E-state index contributed by atoms with van der Waals surface area (Å²) in [6.45, 7) is 4.23. The third kappa shape index (κ3) is 6.07. The van der Waals surface area contributed by atoms with Crippen molar-refractivity contribution in [2.75, 3.05) is 12.4 Å². The first-order valence-corrected chi connectivity index (χ1v) is 7.64. The molecule has 0 spiro atoms. The molecule has 1 unspecified atom stereocenters. The summed E-state index contributed by atoms with van der Waals surface area (Å²) in [6, 6.07) is -0.604. The molecule has 0 aliphatic carbocycles. The van der Waals surface area contributed by atoms with E-state index in [1.54, 1.807) is 6.92 Å². The van der Waals surface area contributed by atoms with Gasteiger partial charge in [-0.25, -0.2) is 0 Å². The minimum atomic E-state index is -0.604. The molecule has 7 heteroatoms. The zero-order valence-electron chi connectivity index (χ0n) is 11.4. The highest BCUT2D eigenvalue weighted by molar-refractivity contribution is 7.98. The molecular weight excluding hydrogens is 266 g/mol. The maximum atomic E-state index is 11.3. The van der Waals surface area contributed by atoms with Gasteiger partial charge in [0.05, 0.1) is 12.4 Å². The Hall–Kier alpha value is -1.08. The molecule has 0 aromatic carbocycles. The van der Waals surface area contributed by atoms with E-state index in [1.807, 2.05) is 0 Å². The molecule has 0 radical (unpaired) electrons. The lowest BCUT2D eigenvalue weighted by Gasteiger charge is -2.08. The van der Waals surface area contributed by atoms with Gasteiger partial charge in [0.2, 0.25) is 5.89 Å². The fourth-order valence-corrected chi connectivity index (χ4v) is 2.18. The Morgan fingerprint density at radius 2 is 2.32 bits per heavy atom. The SMILES string of the molecule is CCCCc1noc(CSCC(N)C(=O)OCC)n1.